The molecule has 1 aromatic carbocycles. The largest absolute Gasteiger partial charge is 0.508 e. The molecular formula is C12H8BrClN2O3. The molecule has 0 unspecified atom stereocenters. The SMILES string of the molecule is O=C(Nc1cnc(Cl)c(Br)c1)c1cc(O)cc(O)c1. The van der Waals surface area contributed by atoms with E-state index in [2.05, 4.69) is 26.2 Å². The first-order valence-electron chi connectivity index (χ1n) is 5.11. The zero-order valence-electron chi connectivity index (χ0n) is 9.39. The second kappa shape index (κ2) is 5.46. The Morgan fingerprint density at radius 3 is 2.42 bits per heavy atom. The highest BCUT2D eigenvalue weighted by Gasteiger charge is 2.10. The van der Waals surface area contributed by atoms with Crippen LogP contribution >= 0.6 is 27.5 Å². The summed E-state index contributed by atoms with van der Waals surface area (Å²) in [5.74, 6) is -0.872. The number of rotatable bonds is 2. The van der Waals surface area contributed by atoms with E-state index < -0.39 is 5.91 Å². The van der Waals surface area contributed by atoms with Crippen molar-refractivity contribution in [2.75, 3.05) is 5.32 Å². The van der Waals surface area contributed by atoms with Crippen LogP contribution in [0.3, 0.4) is 0 Å². The van der Waals surface area contributed by atoms with Gasteiger partial charge in [0.05, 0.1) is 16.4 Å². The molecule has 1 aromatic heterocycles. The van der Waals surface area contributed by atoms with Gasteiger partial charge in [0.1, 0.15) is 16.7 Å². The first-order valence-corrected chi connectivity index (χ1v) is 6.28. The predicted octanol–water partition coefficient (Wildman–Crippen LogP) is 3.16. The highest BCUT2D eigenvalue weighted by atomic mass is 79.9. The van der Waals surface area contributed by atoms with Crippen LogP contribution in [0.2, 0.25) is 5.15 Å². The summed E-state index contributed by atoms with van der Waals surface area (Å²) in [6, 6.07) is 5.22. The molecule has 2 rings (SSSR count). The Morgan fingerprint density at radius 2 is 1.84 bits per heavy atom. The smallest absolute Gasteiger partial charge is 0.255 e. The number of amides is 1. The molecule has 0 spiro atoms. The lowest BCUT2D eigenvalue weighted by atomic mass is 10.2. The second-order valence-electron chi connectivity index (χ2n) is 3.69. The molecule has 0 bridgehead atoms. The van der Waals surface area contributed by atoms with Gasteiger partial charge < -0.3 is 15.5 Å². The van der Waals surface area contributed by atoms with Crippen molar-refractivity contribution in [3.8, 4) is 11.5 Å². The third-order valence-electron chi connectivity index (χ3n) is 2.22. The number of phenols is 2. The average Bonchev–Trinajstić information content (AvgIpc) is 2.32. The van der Waals surface area contributed by atoms with Crippen LogP contribution in [0.25, 0.3) is 0 Å². The number of hydrogen-bond donors (Lipinski definition) is 3. The number of aromatic hydroxyl groups is 2. The number of halogens is 2. The Kier molecular flexibility index (Phi) is 3.92. The van der Waals surface area contributed by atoms with Gasteiger partial charge in [0, 0.05) is 11.6 Å². The summed E-state index contributed by atoms with van der Waals surface area (Å²) in [5.41, 5.74) is 0.563. The van der Waals surface area contributed by atoms with Crippen LogP contribution < -0.4 is 5.32 Å². The van der Waals surface area contributed by atoms with E-state index in [0.717, 1.165) is 6.07 Å². The van der Waals surface area contributed by atoms with Crippen LogP contribution in [0.15, 0.2) is 34.9 Å². The minimum atomic E-state index is -0.484. The van der Waals surface area contributed by atoms with Gasteiger partial charge in [-0.25, -0.2) is 4.98 Å². The molecule has 0 aliphatic rings. The molecule has 0 radical (unpaired) electrons. The minimum absolute atomic E-state index is 0.128. The van der Waals surface area contributed by atoms with Gasteiger partial charge >= 0.3 is 0 Å². The standard InChI is InChI=1S/C12H8BrClN2O3/c13-10-3-7(5-15-11(10)14)16-12(19)6-1-8(17)4-9(18)2-6/h1-5,17-18H,(H,16,19). The van der Waals surface area contributed by atoms with E-state index in [-0.39, 0.29) is 22.2 Å². The number of phenolic OH excluding ortho intramolecular Hbond substituents is 2. The van der Waals surface area contributed by atoms with Crippen LogP contribution in [-0.4, -0.2) is 21.1 Å². The summed E-state index contributed by atoms with van der Waals surface area (Å²) in [6.45, 7) is 0. The fraction of sp³-hybridized carbons (Fsp3) is 0. The molecule has 5 nitrogen and oxygen atoms in total. The fourth-order valence-electron chi connectivity index (χ4n) is 1.42. The number of nitrogens with zero attached hydrogens (tertiary/aromatic N) is 1. The number of pyridine rings is 1. The Morgan fingerprint density at radius 1 is 1.21 bits per heavy atom. The lowest BCUT2D eigenvalue weighted by Gasteiger charge is -2.06. The molecule has 1 amide bonds. The molecule has 98 valence electrons. The van der Waals surface area contributed by atoms with Gasteiger partial charge in [0.25, 0.3) is 5.91 Å². The highest BCUT2D eigenvalue weighted by Crippen LogP contribution is 2.24. The molecule has 19 heavy (non-hydrogen) atoms. The number of carbonyl (C=O) groups is 1. The van der Waals surface area contributed by atoms with Crippen molar-refractivity contribution in [2.45, 2.75) is 0 Å². The lowest BCUT2D eigenvalue weighted by Crippen LogP contribution is -2.12. The third-order valence-corrected chi connectivity index (χ3v) is 3.35. The van der Waals surface area contributed by atoms with Gasteiger partial charge in [0.15, 0.2) is 0 Å². The van der Waals surface area contributed by atoms with Crippen molar-refractivity contribution in [1.82, 2.24) is 4.98 Å². The maximum Gasteiger partial charge on any atom is 0.255 e. The molecule has 1 heterocycles. The summed E-state index contributed by atoms with van der Waals surface area (Å²) in [6.07, 6.45) is 1.40. The van der Waals surface area contributed by atoms with Gasteiger partial charge in [0.2, 0.25) is 0 Å². The van der Waals surface area contributed by atoms with E-state index in [9.17, 15) is 15.0 Å². The van der Waals surface area contributed by atoms with Gasteiger partial charge in [-0.1, -0.05) is 11.6 Å². The van der Waals surface area contributed by atoms with Gasteiger partial charge in [-0.2, -0.15) is 0 Å². The molecule has 0 saturated carbocycles. The summed E-state index contributed by atoms with van der Waals surface area (Å²) >= 11 is 8.93. The number of carbonyl (C=O) groups excluding carboxylic acids is 1. The molecule has 0 aliphatic carbocycles. The van der Waals surface area contributed by atoms with Crippen molar-refractivity contribution in [3.63, 3.8) is 0 Å². The summed E-state index contributed by atoms with van der Waals surface area (Å²) in [5, 5.41) is 21.5. The zero-order valence-corrected chi connectivity index (χ0v) is 11.7. The normalized spacial score (nSPS) is 10.2. The van der Waals surface area contributed by atoms with Crippen molar-refractivity contribution in [3.05, 3.63) is 45.7 Å². The minimum Gasteiger partial charge on any atom is -0.508 e. The number of hydrogen-bond acceptors (Lipinski definition) is 4. The monoisotopic (exact) mass is 342 g/mol. The Balaban J connectivity index is 2.22. The topological polar surface area (TPSA) is 82.5 Å². The van der Waals surface area contributed by atoms with Crippen LogP contribution in [0, 0.1) is 0 Å². The molecule has 2 aromatic rings. The van der Waals surface area contributed by atoms with E-state index >= 15 is 0 Å². The maximum absolute atomic E-state index is 11.9. The number of anilines is 1. The summed E-state index contributed by atoms with van der Waals surface area (Å²) in [7, 11) is 0. The predicted molar refractivity (Wildman–Crippen MR) is 74.7 cm³/mol. The van der Waals surface area contributed by atoms with E-state index in [1.54, 1.807) is 6.07 Å². The van der Waals surface area contributed by atoms with Crippen LogP contribution in [0.4, 0.5) is 5.69 Å². The first-order chi connectivity index (χ1) is 8.95. The van der Waals surface area contributed by atoms with Crippen LogP contribution in [0.1, 0.15) is 10.4 Å². The third kappa shape index (κ3) is 3.36. The van der Waals surface area contributed by atoms with Crippen molar-refractivity contribution >= 4 is 39.1 Å². The lowest BCUT2D eigenvalue weighted by molar-refractivity contribution is 0.102. The Hall–Kier alpha value is -1.79. The van der Waals surface area contributed by atoms with Crippen molar-refractivity contribution in [1.29, 1.82) is 0 Å². The van der Waals surface area contributed by atoms with Gasteiger partial charge in [-0.3, -0.25) is 4.79 Å². The molecule has 0 saturated heterocycles. The molecule has 7 heteroatoms. The first kappa shape index (κ1) is 13.6. The molecular weight excluding hydrogens is 336 g/mol. The van der Waals surface area contributed by atoms with Crippen LogP contribution in [-0.2, 0) is 0 Å². The molecule has 0 aliphatic heterocycles. The second-order valence-corrected chi connectivity index (χ2v) is 4.90. The van der Waals surface area contributed by atoms with E-state index in [1.807, 2.05) is 0 Å². The molecule has 0 fully saturated rings. The van der Waals surface area contributed by atoms with Crippen molar-refractivity contribution < 1.29 is 15.0 Å². The maximum atomic E-state index is 11.9. The van der Waals surface area contributed by atoms with E-state index in [1.165, 1.54) is 18.3 Å². The van der Waals surface area contributed by atoms with Crippen molar-refractivity contribution in [2.24, 2.45) is 0 Å². The summed E-state index contributed by atoms with van der Waals surface area (Å²) in [4.78, 5) is 15.8. The molecule has 3 N–H and O–H groups in total. The Labute approximate surface area is 122 Å². The van der Waals surface area contributed by atoms with E-state index in [0.29, 0.717) is 10.2 Å². The summed E-state index contributed by atoms with van der Waals surface area (Å²) < 4.78 is 0.547. The van der Waals surface area contributed by atoms with E-state index in [4.69, 9.17) is 11.6 Å². The highest BCUT2D eigenvalue weighted by molar-refractivity contribution is 9.10. The number of nitrogens with one attached hydrogen (secondary N) is 1. The number of aromatic nitrogens is 1. The quantitative estimate of drug-likeness (QED) is 0.732. The van der Waals surface area contributed by atoms with Gasteiger partial charge in [-0.05, 0) is 34.1 Å². The van der Waals surface area contributed by atoms with Gasteiger partial charge in [-0.15, -0.1) is 0 Å². The number of benzene rings is 1. The fourth-order valence-corrected chi connectivity index (χ4v) is 1.87. The molecule has 0 atom stereocenters. The Bertz CT molecular complexity index is 629. The zero-order chi connectivity index (χ0) is 14.0. The average molecular weight is 344 g/mol. The van der Waals surface area contributed by atoms with Crippen LogP contribution in [0.5, 0.6) is 11.5 Å².